The molecule has 1 aromatic heterocycles. The van der Waals surface area contributed by atoms with Crippen LogP contribution < -0.4 is 20.7 Å². The number of carbonyl (C=O) groups excluding carboxylic acids is 1. The zero-order valence-electron chi connectivity index (χ0n) is 22.1. The van der Waals surface area contributed by atoms with Gasteiger partial charge in [0.05, 0.1) is 43.4 Å². The molecule has 0 fully saturated rings. The number of rotatable bonds is 12. The van der Waals surface area contributed by atoms with Gasteiger partial charge in [0.2, 0.25) is 5.95 Å². The van der Waals surface area contributed by atoms with Crippen LogP contribution in [0.3, 0.4) is 0 Å². The SMILES string of the molecule is CCOP(=O)(Cc1ccc(Nc2ncc(C(F)(F)F)c(Nc3ccc(Br)cc3C(=O)NC)n2)c(OC)c1)OCC. The van der Waals surface area contributed by atoms with E-state index in [0.717, 1.165) is 0 Å². The normalized spacial score (nSPS) is 11.7. The molecule has 0 aliphatic carbocycles. The molecule has 0 bridgehead atoms. The van der Waals surface area contributed by atoms with E-state index in [1.807, 2.05) is 0 Å². The number of nitrogens with one attached hydrogen (secondary N) is 3. The Bertz CT molecular complexity index is 1400. The molecule has 10 nitrogen and oxygen atoms in total. The van der Waals surface area contributed by atoms with Crippen LogP contribution in [0.15, 0.2) is 47.1 Å². The Hall–Kier alpha value is -3.19. The van der Waals surface area contributed by atoms with Crippen molar-refractivity contribution in [3.63, 3.8) is 0 Å². The largest absolute Gasteiger partial charge is 0.495 e. The van der Waals surface area contributed by atoms with Crippen LogP contribution in [0.25, 0.3) is 0 Å². The van der Waals surface area contributed by atoms with Gasteiger partial charge in [-0.3, -0.25) is 9.36 Å². The first kappa shape index (κ1) is 31.3. The van der Waals surface area contributed by atoms with E-state index in [-0.39, 0.29) is 36.6 Å². The van der Waals surface area contributed by atoms with Crippen molar-refractivity contribution in [2.45, 2.75) is 26.2 Å². The van der Waals surface area contributed by atoms with Gasteiger partial charge in [-0.05, 0) is 49.7 Å². The highest BCUT2D eigenvalue weighted by atomic mass is 79.9. The molecule has 1 amide bonds. The summed E-state index contributed by atoms with van der Waals surface area (Å²) in [5, 5.41) is 7.93. The molecule has 0 saturated heterocycles. The van der Waals surface area contributed by atoms with E-state index >= 15 is 0 Å². The van der Waals surface area contributed by atoms with Crippen LogP contribution in [0.2, 0.25) is 0 Å². The number of carbonyl (C=O) groups is 1. The quantitative estimate of drug-likeness (QED) is 0.181. The summed E-state index contributed by atoms with van der Waals surface area (Å²) in [5.41, 5.74) is 0.0165. The van der Waals surface area contributed by atoms with Gasteiger partial charge in [-0.1, -0.05) is 22.0 Å². The molecule has 216 valence electrons. The van der Waals surface area contributed by atoms with Crippen molar-refractivity contribution in [1.29, 1.82) is 0 Å². The second-order valence-corrected chi connectivity index (χ2v) is 11.1. The molecule has 0 saturated carbocycles. The van der Waals surface area contributed by atoms with E-state index in [0.29, 0.717) is 27.7 Å². The molecule has 0 unspecified atom stereocenters. The highest BCUT2D eigenvalue weighted by Crippen LogP contribution is 2.51. The highest BCUT2D eigenvalue weighted by molar-refractivity contribution is 9.10. The molecule has 2 aromatic carbocycles. The number of alkyl halides is 3. The fourth-order valence-electron chi connectivity index (χ4n) is 3.62. The fraction of sp³-hybridized carbons (Fsp3) is 0.320. The first-order valence-electron chi connectivity index (χ1n) is 12.0. The van der Waals surface area contributed by atoms with Crippen LogP contribution in [0.1, 0.15) is 35.3 Å². The van der Waals surface area contributed by atoms with Gasteiger partial charge in [0.25, 0.3) is 5.91 Å². The molecule has 0 radical (unpaired) electrons. The van der Waals surface area contributed by atoms with Crippen LogP contribution in [-0.4, -0.2) is 43.2 Å². The number of anilines is 4. The number of halogens is 4. The summed E-state index contributed by atoms with van der Waals surface area (Å²) < 4.78 is 71.0. The number of benzene rings is 2. The highest BCUT2D eigenvalue weighted by Gasteiger charge is 2.36. The number of ether oxygens (including phenoxy) is 1. The van der Waals surface area contributed by atoms with Gasteiger partial charge in [-0.15, -0.1) is 0 Å². The lowest BCUT2D eigenvalue weighted by Crippen LogP contribution is -2.20. The lowest BCUT2D eigenvalue weighted by Gasteiger charge is -2.19. The van der Waals surface area contributed by atoms with Crippen LogP contribution in [0.4, 0.5) is 36.3 Å². The maximum atomic E-state index is 13.8. The number of nitrogens with zero attached hydrogens (tertiary/aromatic N) is 2. The Morgan fingerprint density at radius 1 is 1.05 bits per heavy atom. The molecule has 3 N–H and O–H groups in total. The molecule has 3 aromatic rings. The summed E-state index contributed by atoms with van der Waals surface area (Å²) in [4.78, 5) is 20.2. The van der Waals surface area contributed by atoms with E-state index in [9.17, 15) is 22.5 Å². The Balaban J connectivity index is 1.96. The maximum absolute atomic E-state index is 13.8. The summed E-state index contributed by atoms with van der Waals surface area (Å²) >= 11 is 3.26. The summed E-state index contributed by atoms with van der Waals surface area (Å²) in [6, 6.07) is 9.34. The molecular weight excluding hydrogens is 618 g/mol. The molecule has 3 rings (SSSR count). The summed E-state index contributed by atoms with van der Waals surface area (Å²) in [6.45, 7) is 3.84. The van der Waals surface area contributed by atoms with Gasteiger partial charge in [0.1, 0.15) is 17.1 Å². The van der Waals surface area contributed by atoms with Crippen molar-refractivity contribution < 1.29 is 36.3 Å². The monoisotopic (exact) mass is 645 g/mol. The zero-order valence-corrected chi connectivity index (χ0v) is 24.5. The second kappa shape index (κ2) is 13.4. The third-order valence-electron chi connectivity index (χ3n) is 5.34. The van der Waals surface area contributed by atoms with Gasteiger partial charge in [-0.25, -0.2) is 4.98 Å². The van der Waals surface area contributed by atoms with Crippen molar-refractivity contribution in [1.82, 2.24) is 15.3 Å². The van der Waals surface area contributed by atoms with Crippen LogP contribution in [0.5, 0.6) is 5.75 Å². The first-order chi connectivity index (χ1) is 18.9. The predicted molar refractivity (Wildman–Crippen MR) is 149 cm³/mol. The number of hydrogen-bond donors (Lipinski definition) is 3. The number of aromatic nitrogens is 2. The molecule has 0 aliphatic rings. The standard InChI is InChI=1S/C25H28BrF3N5O5P/c1-5-38-40(36,39-6-2)14-15-7-9-20(21(11-15)37-4)33-24-31-13-18(25(27,28)29)22(34-24)32-19-10-8-16(26)12-17(19)23(35)30-3/h7-13H,5-6,14H2,1-4H3,(H,30,35)(H2,31,32,33,34). The molecule has 40 heavy (non-hydrogen) atoms. The minimum absolute atomic E-state index is 0.00295. The summed E-state index contributed by atoms with van der Waals surface area (Å²) in [5.74, 6) is -0.949. The third-order valence-corrected chi connectivity index (χ3v) is 7.89. The minimum Gasteiger partial charge on any atom is -0.495 e. The molecular formula is C25H28BrF3N5O5P. The van der Waals surface area contributed by atoms with Crippen molar-refractivity contribution in [2.24, 2.45) is 0 Å². The Labute approximate surface area is 237 Å². The van der Waals surface area contributed by atoms with Crippen molar-refractivity contribution in [3.8, 4) is 5.75 Å². The third kappa shape index (κ3) is 7.94. The first-order valence-corrected chi connectivity index (χ1v) is 14.5. The van der Waals surface area contributed by atoms with Gasteiger partial charge in [0.15, 0.2) is 0 Å². The van der Waals surface area contributed by atoms with E-state index in [1.165, 1.54) is 26.3 Å². The fourth-order valence-corrected chi connectivity index (χ4v) is 5.67. The smallest absolute Gasteiger partial charge is 0.421 e. The predicted octanol–water partition coefficient (Wildman–Crippen LogP) is 6.88. The average Bonchev–Trinajstić information content (AvgIpc) is 2.89. The van der Waals surface area contributed by atoms with Gasteiger partial charge >= 0.3 is 13.8 Å². The molecule has 0 aliphatic heterocycles. The molecule has 0 atom stereocenters. The number of methoxy groups -OCH3 is 1. The maximum Gasteiger partial charge on any atom is 0.421 e. The zero-order chi connectivity index (χ0) is 29.5. The lowest BCUT2D eigenvalue weighted by atomic mass is 10.1. The van der Waals surface area contributed by atoms with Gasteiger partial charge < -0.3 is 29.7 Å². The molecule has 1 heterocycles. The van der Waals surface area contributed by atoms with E-state index in [1.54, 1.807) is 38.1 Å². The van der Waals surface area contributed by atoms with Crippen molar-refractivity contribution >= 4 is 52.6 Å². The van der Waals surface area contributed by atoms with Gasteiger partial charge in [-0.2, -0.15) is 18.2 Å². The lowest BCUT2D eigenvalue weighted by molar-refractivity contribution is -0.137. The second-order valence-electron chi connectivity index (χ2n) is 8.11. The van der Waals surface area contributed by atoms with Gasteiger partial charge in [0, 0.05) is 17.7 Å². The molecule has 15 heteroatoms. The van der Waals surface area contributed by atoms with Crippen LogP contribution in [0, 0.1) is 0 Å². The van der Waals surface area contributed by atoms with E-state index in [2.05, 4.69) is 41.8 Å². The topological polar surface area (TPSA) is 124 Å². The Morgan fingerprint density at radius 3 is 2.33 bits per heavy atom. The van der Waals surface area contributed by atoms with E-state index < -0.39 is 31.1 Å². The molecule has 0 spiro atoms. The average molecular weight is 646 g/mol. The van der Waals surface area contributed by atoms with Crippen molar-refractivity contribution in [3.05, 3.63) is 63.8 Å². The number of hydrogen-bond acceptors (Lipinski definition) is 9. The Morgan fingerprint density at radius 2 is 1.73 bits per heavy atom. The number of amides is 1. The van der Waals surface area contributed by atoms with Crippen LogP contribution >= 0.6 is 23.5 Å². The van der Waals surface area contributed by atoms with Crippen molar-refractivity contribution in [2.75, 3.05) is 38.0 Å². The minimum atomic E-state index is -4.78. The van der Waals surface area contributed by atoms with Crippen LogP contribution in [-0.2, 0) is 26.0 Å². The summed E-state index contributed by atoms with van der Waals surface area (Å²) in [7, 11) is -0.564. The Kier molecular flexibility index (Phi) is 10.5. The van der Waals surface area contributed by atoms with E-state index in [4.69, 9.17) is 13.8 Å². The summed E-state index contributed by atoms with van der Waals surface area (Å²) in [6.07, 6.45) is -4.15.